The highest BCUT2D eigenvalue weighted by atomic mass is 32.2. The number of anilines is 1. The van der Waals surface area contributed by atoms with Crippen molar-refractivity contribution < 1.29 is 13.9 Å². The first kappa shape index (κ1) is 21.9. The Balaban J connectivity index is 1.37. The highest BCUT2D eigenvalue weighted by molar-refractivity contribution is 7.99. The molecule has 1 aromatic heterocycles. The molecule has 3 aromatic rings. The van der Waals surface area contributed by atoms with Gasteiger partial charge in [-0.05, 0) is 56.9 Å². The lowest BCUT2D eigenvalue weighted by Gasteiger charge is -2.11. The molecule has 0 unspecified atom stereocenters. The van der Waals surface area contributed by atoms with E-state index in [0.29, 0.717) is 24.0 Å². The van der Waals surface area contributed by atoms with E-state index >= 15 is 0 Å². The van der Waals surface area contributed by atoms with Crippen LogP contribution in [0, 0.1) is 0 Å². The molecule has 0 saturated carbocycles. The Kier molecular flexibility index (Phi) is 8.35. The van der Waals surface area contributed by atoms with Crippen molar-refractivity contribution in [2.75, 3.05) is 38.3 Å². The average Bonchev–Trinajstić information content (AvgIpc) is 3.22. The number of oxazole rings is 1. The molecular weight excluding hydrogens is 398 g/mol. The highest BCUT2D eigenvalue weighted by Gasteiger charge is 2.08. The van der Waals surface area contributed by atoms with Gasteiger partial charge in [0, 0.05) is 23.5 Å². The summed E-state index contributed by atoms with van der Waals surface area (Å²) >= 11 is 1.50. The molecule has 6 nitrogen and oxygen atoms in total. The Labute approximate surface area is 181 Å². The number of nitrogens with zero attached hydrogens (tertiary/aromatic N) is 2. The van der Waals surface area contributed by atoms with Crippen molar-refractivity contribution in [2.45, 2.75) is 12.2 Å². The van der Waals surface area contributed by atoms with E-state index in [1.807, 2.05) is 68.7 Å². The van der Waals surface area contributed by atoms with Crippen LogP contribution in [0.25, 0.3) is 11.5 Å². The molecule has 0 spiro atoms. The second-order valence-corrected chi connectivity index (χ2v) is 8.07. The van der Waals surface area contributed by atoms with E-state index in [1.165, 1.54) is 11.8 Å². The summed E-state index contributed by atoms with van der Waals surface area (Å²) in [7, 11) is 4.09. The van der Waals surface area contributed by atoms with E-state index in [1.54, 1.807) is 6.26 Å². The summed E-state index contributed by atoms with van der Waals surface area (Å²) in [6.07, 6.45) is 2.62. The van der Waals surface area contributed by atoms with Crippen LogP contribution in [0.15, 0.2) is 65.3 Å². The van der Waals surface area contributed by atoms with E-state index in [9.17, 15) is 4.79 Å². The van der Waals surface area contributed by atoms with Gasteiger partial charge in [0.15, 0.2) is 0 Å². The Bertz CT molecular complexity index is 911. The number of ether oxygens (including phenoxy) is 1. The molecule has 1 heterocycles. The van der Waals surface area contributed by atoms with Gasteiger partial charge in [0.05, 0.1) is 18.1 Å². The third kappa shape index (κ3) is 7.24. The average molecular weight is 426 g/mol. The van der Waals surface area contributed by atoms with Crippen LogP contribution in [0.5, 0.6) is 5.75 Å². The Morgan fingerprint density at radius 2 is 1.90 bits per heavy atom. The van der Waals surface area contributed by atoms with Crippen molar-refractivity contribution in [3.05, 3.63) is 66.6 Å². The second-order valence-electron chi connectivity index (χ2n) is 7.08. The van der Waals surface area contributed by atoms with Crippen LogP contribution >= 0.6 is 11.8 Å². The molecule has 0 radical (unpaired) electrons. The standard InChI is InChI=1S/C23H27N3O3S/c1-26(2)13-6-14-28-21-11-9-19(10-12-21)24-22(27)17-30-16-20-15-29-23(25-20)18-7-4-3-5-8-18/h3-5,7-12,15H,6,13-14,16-17H2,1-2H3,(H,24,27). The number of carbonyl (C=O) groups is 1. The lowest BCUT2D eigenvalue weighted by atomic mass is 10.2. The van der Waals surface area contributed by atoms with Gasteiger partial charge >= 0.3 is 0 Å². The predicted octanol–water partition coefficient (Wildman–Crippen LogP) is 4.54. The largest absolute Gasteiger partial charge is 0.494 e. The molecule has 2 aromatic carbocycles. The number of hydrogen-bond acceptors (Lipinski definition) is 6. The third-order valence-corrected chi connectivity index (χ3v) is 5.18. The van der Waals surface area contributed by atoms with E-state index in [4.69, 9.17) is 9.15 Å². The van der Waals surface area contributed by atoms with Gasteiger partial charge in [-0.1, -0.05) is 18.2 Å². The van der Waals surface area contributed by atoms with Crippen LogP contribution in [-0.2, 0) is 10.5 Å². The molecule has 0 aliphatic rings. The van der Waals surface area contributed by atoms with Crippen molar-refractivity contribution in [1.82, 2.24) is 9.88 Å². The molecule has 30 heavy (non-hydrogen) atoms. The number of thioether (sulfide) groups is 1. The maximum absolute atomic E-state index is 12.2. The minimum absolute atomic E-state index is 0.0496. The maximum atomic E-state index is 12.2. The quantitative estimate of drug-likeness (QED) is 0.455. The van der Waals surface area contributed by atoms with E-state index < -0.39 is 0 Å². The summed E-state index contributed by atoms with van der Waals surface area (Å²) in [5.74, 6) is 2.31. The molecule has 0 aliphatic carbocycles. The molecule has 0 fully saturated rings. The topological polar surface area (TPSA) is 67.6 Å². The molecule has 1 amide bonds. The van der Waals surface area contributed by atoms with Gasteiger partial charge < -0.3 is 19.4 Å². The first-order valence-corrected chi connectivity index (χ1v) is 11.0. The van der Waals surface area contributed by atoms with Crippen LogP contribution in [0.4, 0.5) is 5.69 Å². The highest BCUT2D eigenvalue weighted by Crippen LogP contribution is 2.21. The summed E-state index contributed by atoms with van der Waals surface area (Å²) in [6.45, 7) is 1.67. The number of amides is 1. The number of aromatic nitrogens is 1. The van der Waals surface area contributed by atoms with Crippen molar-refractivity contribution >= 4 is 23.4 Å². The van der Waals surface area contributed by atoms with Crippen LogP contribution in [0.3, 0.4) is 0 Å². The smallest absolute Gasteiger partial charge is 0.234 e. The fourth-order valence-electron chi connectivity index (χ4n) is 2.74. The molecule has 0 saturated heterocycles. The number of benzene rings is 2. The first-order chi connectivity index (χ1) is 14.6. The van der Waals surface area contributed by atoms with Gasteiger partial charge in [-0.25, -0.2) is 4.98 Å². The van der Waals surface area contributed by atoms with Gasteiger partial charge in [0.2, 0.25) is 11.8 Å². The van der Waals surface area contributed by atoms with Crippen LogP contribution in [-0.4, -0.2) is 48.8 Å². The van der Waals surface area contributed by atoms with E-state index in [-0.39, 0.29) is 5.91 Å². The van der Waals surface area contributed by atoms with Gasteiger partial charge in [-0.3, -0.25) is 4.79 Å². The summed E-state index contributed by atoms with van der Waals surface area (Å²) in [5, 5.41) is 2.90. The minimum Gasteiger partial charge on any atom is -0.494 e. The maximum Gasteiger partial charge on any atom is 0.234 e. The molecule has 3 rings (SSSR count). The molecule has 7 heteroatoms. The zero-order chi connectivity index (χ0) is 21.2. The molecule has 1 N–H and O–H groups in total. The lowest BCUT2D eigenvalue weighted by molar-refractivity contribution is -0.113. The van der Waals surface area contributed by atoms with Crippen molar-refractivity contribution in [2.24, 2.45) is 0 Å². The van der Waals surface area contributed by atoms with Crippen LogP contribution < -0.4 is 10.1 Å². The second kappa shape index (κ2) is 11.4. The summed E-state index contributed by atoms with van der Waals surface area (Å²) < 4.78 is 11.2. The monoisotopic (exact) mass is 425 g/mol. The number of nitrogens with one attached hydrogen (secondary N) is 1. The van der Waals surface area contributed by atoms with Gasteiger partial charge in [0.1, 0.15) is 12.0 Å². The third-order valence-electron chi connectivity index (χ3n) is 4.21. The van der Waals surface area contributed by atoms with Gasteiger partial charge in [0.25, 0.3) is 0 Å². The SMILES string of the molecule is CN(C)CCCOc1ccc(NC(=O)CSCc2coc(-c3ccccc3)n2)cc1. The zero-order valence-corrected chi connectivity index (χ0v) is 18.2. The molecular formula is C23H27N3O3S. The lowest BCUT2D eigenvalue weighted by Crippen LogP contribution is -2.15. The van der Waals surface area contributed by atoms with Crippen molar-refractivity contribution in [3.8, 4) is 17.2 Å². The molecule has 0 bridgehead atoms. The Morgan fingerprint density at radius 3 is 2.63 bits per heavy atom. The number of rotatable bonds is 11. The fraction of sp³-hybridized carbons (Fsp3) is 0.304. The minimum atomic E-state index is -0.0496. The summed E-state index contributed by atoms with van der Waals surface area (Å²) in [5.41, 5.74) is 2.52. The number of carbonyl (C=O) groups excluding carboxylic acids is 1. The zero-order valence-electron chi connectivity index (χ0n) is 17.3. The van der Waals surface area contributed by atoms with E-state index in [0.717, 1.165) is 35.7 Å². The van der Waals surface area contributed by atoms with Crippen molar-refractivity contribution in [1.29, 1.82) is 0 Å². The van der Waals surface area contributed by atoms with Gasteiger partial charge in [-0.2, -0.15) is 0 Å². The predicted molar refractivity (Wildman–Crippen MR) is 122 cm³/mol. The molecule has 158 valence electrons. The normalized spacial score (nSPS) is 10.9. The summed E-state index contributed by atoms with van der Waals surface area (Å²) in [4.78, 5) is 18.8. The first-order valence-electron chi connectivity index (χ1n) is 9.85. The molecule has 0 aliphatic heterocycles. The van der Waals surface area contributed by atoms with Crippen LogP contribution in [0.2, 0.25) is 0 Å². The van der Waals surface area contributed by atoms with E-state index in [2.05, 4.69) is 15.2 Å². The number of hydrogen-bond donors (Lipinski definition) is 1. The fourth-order valence-corrected chi connectivity index (χ4v) is 3.44. The molecule has 0 atom stereocenters. The summed E-state index contributed by atoms with van der Waals surface area (Å²) in [6, 6.07) is 17.2. The Hall–Kier alpha value is -2.77. The van der Waals surface area contributed by atoms with Gasteiger partial charge in [-0.15, -0.1) is 11.8 Å². The van der Waals surface area contributed by atoms with Crippen LogP contribution in [0.1, 0.15) is 12.1 Å². The van der Waals surface area contributed by atoms with Crippen molar-refractivity contribution in [3.63, 3.8) is 0 Å². The Morgan fingerprint density at radius 1 is 1.13 bits per heavy atom.